The van der Waals surface area contributed by atoms with Crippen molar-refractivity contribution >= 4 is 13.0 Å². The van der Waals surface area contributed by atoms with E-state index in [4.69, 9.17) is 9.31 Å². The van der Waals surface area contributed by atoms with Gasteiger partial charge in [-0.3, -0.25) is 10.1 Å². The molecule has 276 valence electrons. The predicted molar refractivity (Wildman–Crippen MR) is 196 cm³/mol. The number of nitrogens with one attached hydrogen (secondary N) is 2. The first-order chi connectivity index (χ1) is 25.4. The van der Waals surface area contributed by atoms with E-state index in [2.05, 4.69) is 62.6 Å². The topological polar surface area (TPSA) is 103 Å². The van der Waals surface area contributed by atoms with Gasteiger partial charge in [-0.1, -0.05) is 104 Å². The molecule has 0 radical (unpaired) electrons. The number of unbranched alkanes of at least 4 members (excludes halogenated alkanes) is 1. The van der Waals surface area contributed by atoms with E-state index in [9.17, 15) is 18.0 Å². The molecule has 6 rings (SSSR count). The van der Waals surface area contributed by atoms with E-state index in [1.54, 1.807) is 0 Å². The molecule has 1 saturated heterocycles. The first-order valence-electron chi connectivity index (χ1n) is 17.9. The second kappa shape index (κ2) is 16.0. The number of hydrogen-bond donors (Lipinski definition) is 2. The molecule has 0 bridgehead atoms. The zero-order valence-electron chi connectivity index (χ0n) is 30.4. The van der Waals surface area contributed by atoms with Crippen LogP contribution < -0.4 is 10.6 Å². The van der Waals surface area contributed by atoms with E-state index in [1.807, 2.05) is 82.3 Å². The Morgan fingerprint density at radius 3 is 1.83 bits per heavy atom. The molecule has 1 aliphatic rings. The third-order valence-electron chi connectivity index (χ3n) is 10.2. The Morgan fingerprint density at radius 1 is 0.811 bits per heavy atom. The van der Waals surface area contributed by atoms with Crippen molar-refractivity contribution in [3.63, 3.8) is 0 Å². The van der Waals surface area contributed by atoms with Crippen molar-refractivity contribution in [1.82, 2.24) is 30.8 Å². The fourth-order valence-electron chi connectivity index (χ4n) is 6.78. The predicted octanol–water partition coefficient (Wildman–Crippen LogP) is 7.29. The monoisotopic (exact) mass is 724 g/mol. The van der Waals surface area contributed by atoms with Crippen LogP contribution in [0.25, 0.3) is 0 Å². The highest BCUT2D eigenvalue weighted by atomic mass is 19.1. The van der Waals surface area contributed by atoms with Gasteiger partial charge in [-0.25, -0.2) is 17.9 Å². The maximum absolute atomic E-state index is 14.3. The molecule has 0 saturated carbocycles. The van der Waals surface area contributed by atoms with Crippen molar-refractivity contribution < 1.29 is 27.3 Å². The first kappa shape index (κ1) is 37.9. The molecular formula is C40H44BF3N6O3. The molecule has 1 atom stereocenters. The summed E-state index contributed by atoms with van der Waals surface area (Å²) in [6.45, 7) is 7.33. The van der Waals surface area contributed by atoms with Gasteiger partial charge in [0, 0.05) is 24.2 Å². The van der Waals surface area contributed by atoms with Gasteiger partial charge in [0.2, 0.25) is 5.91 Å². The second-order valence-electron chi connectivity index (χ2n) is 14.3. The van der Waals surface area contributed by atoms with Gasteiger partial charge < -0.3 is 14.6 Å². The number of halogens is 3. The number of aromatic nitrogens is 4. The van der Waals surface area contributed by atoms with Gasteiger partial charge in [0.05, 0.1) is 22.8 Å². The Morgan fingerprint density at radius 2 is 1.32 bits per heavy atom. The minimum absolute atomic E-state index is 0.326. The third kappa shape index (κ3) is 8.37. The molecule has 4 aromatic carbocycles. The standard InChI is InChI=1S/C40H44BF3N6O3/c1-38(2)39(3,4)53-41(52-38)23-15-14-22-35(37-47-48-49-50(37)27-36(51)45-26-32-33(43)24-31(42)25-34(32)44)46-40(28-16-8-5-9-17-28,29-18-10-6-11-19-29)30-20-12-7-13-21-30/h5-13,16-21,24-25,35,46H,14-15,22-23,26-27H2,1-4H3,(H,45,51). The molecule has 1 fully saturated rings. The lowest BCUT2D eigenvalue weighted by Crippen LogP contribution is -2.47. The maximum atomic E-state index is 14.3. The molecule has 1 aromatic heterocycles. The van der Waals surface area contributed by atoms with Crippen LogP contribution in [-0.4, -0.2) is 44.4 Å². The smallest absolute Gasteiger partial charge is 0.403 e. The molecule has 0 spiro atoms. The number of tetrazole rings is 1. The highest BCUT2D eigenvalue weighted by Crippen LogP contribution is 2.41. The number of carbonyl (C=O) groups excluding carboxylic acids is 1. The summed E-state index contributed by atoms with van der Waals surface area (Å²) in [5.41, 5.74) is 0.769. The molecule has 53 heavy (non-hydrogen) atoms. The van der Waals surface area contributed by atoms with Gasteiger partial charge in [-0.15, -0.1) is 5.10 Å². The number of hydrogen-bond acceptors (Lipinski definition) is 7. The molecule has 2 N–H and O–H groups in total. The van der Waals surface area contributed by atoms with E-state index < -0.39 is 58.2 Å². The Hall–Kier alpha value is -4.85. The molecule has 5 aromatic rings. The number of rotatable bonds is 15. The van der Waals surface area contributed by atoms with Gasteiger partial charge in [-0.05, 0) is 67.6 Å². The summed E-state index contributed by atoms with van der Waals surface area (Å²) in [4.78, 5) is 13.2. The summed E-state index contributed by atoms with van der Waals surface area (Å²) >= 11 is 0. The summed E-state index contributed by atoms with van der Waals surface area (Å²) in [6.07, 6.45) is 2.77. The largest absolute Gasteiger partial charge is 0.457 e. The molecule has 2 heterocycles. The van der Waals surface area contributed by atoms with E-state index in [0.29, 0.717) is 30.7 Å². The molecule has 1 aliphatic heterocycles. The normalized spacial score (nSPS) is 15.7. The quantitative estimate of drug-likeness (QED) is 0.0664. The van der Waals surface area contributed by atoms with Crippen LogP contribution in [0.5, 0.6) is 0 Å². The molecule has 1 unspecified atom stereocenters. The van der Waals surface area contributed by atoms with Crippen LogP contribution in [0.2, 0.25) is 6.32 Å². The van der Waals surface area contributed by atoms with E-state index >= 15 is 0 Å². The van der Waals surface area contributed by atoms with Gasteiger partial charge in [0.25, 0.3) is 0 Å². The summed E-state index contributed by atoms with van der Waals surface area (Å²) in [7, 11) is -0.340. The van der Waals surface area contributed by atoms with Gasteiger partial charge >= 0.3 is 7.12 Å². The van der Waals surface area contributed by atoms with E-state index in [-0.39, 0.29) is 13.7 Å². The van der Waals surface area contributed by atoms with Gasteiger partial charge in [-0.2, -0.15) is 0 Å². The minimum atomic E-state index is -1.09. The lowest BCUT2D eigenvalue weighted by Gasteiger charge is -2.40. The maximum Gasteiger partial charge on any atom is 0.457 e. The number of amides is 1. The van der Waals surface area contributed by atoms with Crippen molar-refractivity contribution in [2.45, 2.75) is 89.1 Å². The van der Waals surface area contributed by atoms with Crippen LogP contribution in [0.1, 0.15) is 81.1 Å². The highest BCUT2D eigenvalue weighted by molar-refractivity contribution is 6.45. The molecule has 9 nitrogen and oxygen atoms in total. The van der Waals surface area contributed by atoms with Crippen LogP contribution in [-0.2, 0) is 32.7 Å². The van der Waals surface area contributed by atoms with Crippen molar-refractivity contribution in [3.05, 3.63) is 149 Å². The van der Waals surface area contributed by atoms with Crippen LogP contribution in [0.15, 0.2) is 103 Å². The lowest BCUT2D eigenvalue weighted by atomic mass is 9.76. The van der Waals surface area contributed by atoms with Crippen molar-refractivity contribution in [2.75, 3.05) is 0 Å². The van der Waals surface area contributed by atoms with Crippen LogP contribution in [0, 0.1) is 17.5 Å². The molecule has 0 aliphatic carbocycles. The number of carbonyl (C=O) groups is 1. The average Bonchev–Trinajstić information content (AvgIpc) is 3.67. The van der Waals surface area contributed by atoms with Gasteiger partial charge in [0.1, 0.15) is 24.0 Å². The summed E-state index contributed by atoms with van der Waals surface area (Å²) in [6, 6.07) is 31.0. The highest BCUT2D eigenvalue weighted by Gasteiger charge is 2.50. The Bertz CT molecular complexity index is 1850. The molecule has 13 heteroatoms. The Labute approximate surface area is 308 Å². The number of nitrogens with zero attached hydrogens (tertiary/aromatic N) is 4. The van der Waals surface area contributed by atoms with Gasteiger partial charge in [0.15, 0.2) is 5.82 Å². The second-order valence-corrected chi connectivity index (χ2v) is 14.3. The Balaban J connectivity index is 1.32. The van der Waals surface area contributed by atoms with E-state index in [0.717, 1.165) is 29.5 Å². The van der Waals surface area contributed by atoms with Crippen molar-refractivity contribution in [1.29, 1.82) is 0 Å². The summed E-state index contributed by atoms with van der Waals surface area (Å²) in [5.74, 6) is -3.39. The van der Waals surface area contributed by atoms with Crippen molar-refractivity contribution in [3.8, 4) is 0 Å². The van der Waals surface area contributed by atoms with Crippen LogP contribution in [0.3, 0.4) is 0 Å². The summed E-state index contributed by atoms with van der Waals surface area (Å²) < 4.78 is 56.0. The lowest BCUT2D eigenvalue weighted by molar-refractivity contribution is -0.122. The average molecular weight is 725 g/mol. The van der Waals surface area contributed by atoms with Crippen LogP contribution in [0.4, 0.5) is 13.2 Å². The SMILES string of the molecule is CC1(C)OB(CCCCC(NC(c2ccccc2)(c2ccccc2)c2ccccc2)c2nnnn2CC(=O)NCc2c(F)cc(F)cc2F)OC1(C)C. The van der Waals surface area contributed by atoms with Crippen molar-refractivity contribution in [2.24, 2.45) is 0 Å². The molecular weight excluding hydrogens is 680 g/mol. The fourth-order valence-corrected chi connectivity index (χ4v) is 6.78. The first-order valence-corrected chi connectivity index (χ1v) is 17.9. The minimum Gasteiger partial charge on any atom is -0.403 e. The zero-order valence-corrected chi connectivity index (χ0v) is 30.4. The Kier molecular flexibility index (Phi) is 11.5. The fraction of sp³-hybridized carbons (Fsp3) is 0.350. The van der Waals surface area contributed by atoms with E-state index in [1.165, 1.54) is 4.68 Å². The zero-order chi connectivity index (χ0) is 37.6. The van der Waals surface area contributed by atoms with Crippen LogP contribution >= 0.6 is 0 Å². The molecule has 1 amide bonds. The third-order valence-corrected chi connectivity index (χ3v) is 10.2. The summed E-state index contributed by atoms with van der Waals surface area (Å²) in [5, 5.41) is 19.1. The number of benzene rings is 4.